The monoisotopic (exact) mass is 343 g/mol. The maximum absolute atomic E-state index is 13.3. The van der Waals surface area contributed by atoms with Gasteiger partial charge < -0.3 is 10.1 Å². The molecule has 0 aromatic heterocycles. The number of nitro groups is 1. The molecule has 128 valence electrons. The zero-order chi connectivity index (χ0) is 18.4. The average Bonchev–Trinajstić information content (AvgIpc) is 2.59. The molecule has 0 heterocycles. The Morgan fingerprint density at radius 2 is 2.16 bits per heavy atom. The normalized spacial score (nSPS) is 11.2. The fraction of sp³-hybridized carbons (Fsp3) is 0.176. The van der Waals surface area contributed by atoms with Crippen LogP contribution in [0.1, 0.15) is 18.1 Å². The summed E-state index contributed by atoms with van der Waals surface area (Å²) in [4.78, 5) is 22.4. The van der Waals surface area contributed by atoms with Crippen molar-refractivity contribution in [1.29, 1.82) is 5.26 Å². The maximum atomic E-state index is 13.3. The number of nitriles is 1. The van der Waals surface area contributed by atoms with Crippen LogP contribution in [-0.2, 0) is 11.3 Å². The minimum Gasteiger partial charge on any atom is -0.481 e. The fourth-order valence-corrected chi connectivity index (χ4v) is 2.10. The predicted molar refractivity (Wildman–Crippen MR) is 86.1 cm³/mol. The van der Waals surface area contributed by atoms with Crippen LogP contribution in [0.25, 0.3) is 0 Å². The van der Waals surface area contributed by atoms with Crippen molar-refractivity contribution in [2.75, 3.05) is 0 Å². The Morgan fingerprint density at radius 3 is 2.84 bits per heavy atom. The number of carbonyl (C=O) groups excluding carboxylic acids is 1. The number of nitro benzene ring substituents is 1. The highest BCUT2D eigenvalue weighted by molar-refractivity contribution is 5.80. The van der Waals surface area contributed by atoms with Crippen molar-refractivity contribution < 1.29 is 18.8 Å². The van der Waals surface area contributed by atoms with E-state index in [2.05, 4.69) is 5.32 Å². The van der Waals surface area contributed by atoms with Crippen LogP contribution in [0.5, 0.6) is 5.75 Å². The van der Waals surface area contributed by atoms with Gasteiger partial charge in [-0.15, -0.1) is 0 Å². The molecule has 2 aromatic rings. The van der Waals surface area contributed by atoms with Crippen molar-refractivity contribution in [2.24, 2.45) is 0 Å². The van der Waals surface area contributed by atoms with Gasteiger partial charge in [0.2, 0.25) is 0 Å². The second kappa shape index (κ2) is 7.88. The van der Waals surface area contributed by atoms with Gasteiger partial charge in [0.05, 0.1) is 22.1 Å². The molecule has 1 amide bonds. The molecule has 0 saturated carbocycles. The van der Waals surface area contributed by atoms with Crippen molar-refractivity contribution in [3.05, 3.63) is 69.5 Å². The van der Waals surface area contributed by atoms with Gasteiger partial charge in [-0.1, -0.05) is 6.07 Å². The summed E-state index contributed by atoms with van der Waals surface area (Å²) in [6.07, 6.45) is -0.901. The van der Waals surface area contributed by atoms with Crippen LogP contribution in [0, 0.1) is 27.3 Å². The smallest absolute Gasteiger partial charge is 0.274 e. The van der Waals surface area contributed by atoms with Gasteiger partial charge in [-0.25, -0.2) is 4.39 Å². The van der Waals surface area contributed by atoms with Gasteiger partial charge in [-0.05, 0) is 37.3 Å². The highest BCUT2D eigenvalue weighted by atomic mass is 19.1. The number of hydrogen-bond donors (Lipinski definition) is 1. The van der Waals surface area contributed by atoms with Crippen molar-refractivity contribution in [2.45, 2.75) is 19.6 Å². The predicted octanol–water partition coefficient (Wildman–Crippen LogP) is 2.69. The van der Waals surface area contributed by atoms with E-state index in [1.165, 1.54) is 13.0 Å². The summed E-state index contributed by atoms with van der Waals surface area (Å²) in [5, 5.41) is 22.2. The molecule has 2 aromatic carbocycles. The lowest BCUT2D eigenvalue weighted by Crippen LogP contribution is -2.36. The summed E-state index contributed by atoms with van der Waals surface area (Å²) in [6.45, 7) is 1.28. The van der Waals surface area contributed by atoms with Gasteiger partial charge in [0.15, 0.2) is 6.10 Å². The van der Waals surface area contributed by atoms with Crippen LogP contribution in [0.15, 0.2) is 42.5 Å². The Labute approximate surface area is 142 Å². The summed E-state index contributed by atoms with van der Waals surface area (Å²) in [7, 11) is 0. The van der Waals surface area contributed by atoms with Crippen LogP contribution in [0.4, 0.5) is 10.1 Å². The van der Waals surface area contributed by atoms with E-state index in [0.717, 1.165) is 18.2 Å². The minimum atomic E-state index is -0.901. The Kier molecular flexibility index (Phi) is 5.63. The van der Waals surface area contributed by atoms with E-state index >= 15 is 0 Å². The summed E-state index contributed by atoms with van der Waals surface area (Å²) in [5.41, 5.74) is 0.162. The molecule has 1 N–H and O–H groups in total. The lowest BCUT2D eigenvalue weighted by atomic mass is 10.1. The minimum absolute atomic E-state index is 0.0528. The third-order valence-corrected chi connectivity index (χ3v) is 3.34. The third kappa shape index (κ3) is 4.75. The maximum Gasteiger partial charge on any atom is 0.274 e. The van der Waals surface area contributed by atoms with Gasteiger partial charge in [-0.3, -0.25) is 14.9 Å². The number of halogens is 1. The fourth-order valence-electron chi connectivity index (χ4n) is 2.10. The van der Waals surface area contributed by atoms with E-state index in [9.17, 15) is 19.3 Å². The molecule has 0 aliphatic rings. The topological polar surface area (TPSA) is 105 Å². The quantitative estimate of drug-likeness (QED) is 0.641. The summed E-state index contributed by atoms with van der Waals surface area (Å²) >= 11 is 0. The molecule has 1 atom stereocenters. The first-order valence-corrected chi connectivity index (χ1v) is 7.28. The molecule has 0 spiro atoms. The van der Waals surface area contributed by atoms with Crippen LogP contribution >= 0.6 is 0 Å². The summed E-state index contributed by atoms with van der Waals surface area (Å²) in [6, 6.07) is 11.3. The van der Waals surface area contributed by atoms with Crippen molar-refractivity contribution >= 4 is 11.6 Å². The Morgan fingerprint density at radius 1 is 1.40 bits per heavy atom. The molecule has 25 heavy (non-hydrogen) atoms. The molecule has 0 unspecified atom stereocenters. The molecular weight excluding hydrogens is 329 g/mol. The molecule has 8 heteroatoms. The molecule has 0 aliphatic carbocycles. The van der Waals surface area contributed by atoms with Crippen molar-refractivity contribution in [3.63, 3.8) is 0 Å². The van der Waals surface area contributed by atoms with Gasteiger partial charge in [0.1, 0.15) is 11.6 Å². The molecule has 2 rings (SSSR count). The largest absolute Gasteiger partial charge is 0.481 e. The van der Waals surface area contributed by atoms with Gasteiger partial charge in [0, 0.05) is 12.6 Å². The summed E-state index contributed by atoms with van der Waals surface area (Å²) < 4.78 is 18.7. The van der Waals surface area contributed by atoms with E-state index in [0.29, 0.717) is 11.3 Å². The third-order valence-electron chi connectivity index (χ3n) is 3.34. The second-order valence-corrected chi connectivity index (χ2v) is 5.15. The van der Waals surface area contributed by atoms with Gasteiger partial charge in [0.25, 0.3) is 11.6 Å². The van der Waals surface area contributed by atoms with Crippen LogP contribution in [0.2, 0.25) is 0 Å². The Balaban J connectivity index is 2.01. The second-order valence-electron chi connectivity index (χ2n) is 5.15. The van der Waals surface area contributed by atoms with Gasteiger partial charge in [-0.2, -0.15) is 5.26 Å². The first kappa shape index (κ1) is 17.9. The molecule has 0 radical (unpaired) electrons. The van der Waals surface area contributed by atoms with Crippen LogP contribution in [0.3, 0.4) is 0 Å². The number of nitrogens with zero attached hydrogens (tertiary/aromatic N) is 2. The van der Waals surface area contributed by atoms with Gasteiger partial charge >= 0.3 is 0 Å². The Hall–Kier alpha value is -3.47. The van der Waals surface area contributed by atoms with E-state index in [1.54, 1.807) is 18.2 Å². The number of nitrogens with one attached hydrogen (secondary N) is 1. The standard InChI is InChI=1S/C17H14FN3O4/c1-11(25-15-4-2-3-12(7-15)9-19)17(22)20-10-13-8-14(18)5-6-16(13)21(23)24/h2-8,11H,10H2,1H3,(H,20,22)/t11-/m1/s1. The molecule has 0 fully saturated rings. The SMILES string of the molecule is C[C@@H](Oc1cccc(C#N)c1)C(=O)NCc1cc(F)ccc1[N+](=O)[O-]. The first-order chi connectivity index (χ1) is 11.9. The van der Waals surface area contributed by atoms with Crippen LogP contribution < -0.4 is 10.1 Å². The van der Waals surface area contributed by atoms with Crippen molar-refractivity contribution in [3.8, 4) is 11.8 Å². The van der Waals surface area contributed by atoms with Crippen LogP contribution in [-0.4, -0.2) is 16.9 Å². The number of carbonyl (C=O) groups is 1. The summed E-state index contributed by atoms with van der Waals surface area (Å²) in [5.74, 6) is -0.813. The van der Waals surface area contributed by atoms with E-state index < -0.39 is 22.8 Å². The highest BCUT2D eigenvalue weighted by Crippen LogP contribution is 2.19. The molecule has 0 aliphatic heterocycles. The lowest BCUT2D eigenvalue weighted by molar-refractivity contribution is -0.385. The molecule has 0 saturated heterocycles. The number of amides is 1. The number of hydrogen-bond acceptors (Lipinski definition) is 5. The van der Waals surface area contributed by atoms with Crippen molar-refractivity contribution in [1.82, 2.24) is 5.32 Å². The molecular formula is C17H14FN3O4. The highest BCUT2D eigenvalue weighted by Gasteiger charge is 2.18. The number of benzene rings is 2. The molecule has 7 nitrogen and oxygen atoms in total. The lowest BCUT2D eigenvalue weighted by Gasteiger charge is -2.15. The number of rotatable bonds is 6. The van der Waals surface area contributed by atoms with E-state index in [-0.39, 0.29) is 17.8 Å². The zero-order valence-corrected chi connectivity index (χ0v) is 13.2. The average molecular weight is 343 g/mol. The van der Waals surface area contributed by atoms with E-state index in [4.69, 9.17) is 10.00 Å². The Bertz CT molecular complexity index is 848. The number of ether oxygens (including phenoxy) is 1. The molecule has 0 bridgehead atoms. The first-order valence-electron chi connectivity index (χ1n) is 7.28. The van der Waals surface area contributed by atoms with E-state index in [1.807, 2.05) is 6.07 Å². The zero-order valence-electron chi connectivity index (χ0n) is 13.2.